The topological polar surface area (TPSA) is 67.4 Å². The second kappa shape index (κ2) is 9.58. The van der Waals surface area contributed by atoms with E-state index in [1.165, 1.54) is 0 Å². The Kier molecular flexibility index (Phi) is 6.65. The summed E-state index contributed by atoms with van der Waals surface area (Å²) < 4.78 is 5.69. The average Bonchev–Trinajstić information content (AvgIpc) is 2.73. The van der Waals surface area contributed by atoms with E-state index in [9.17, 15) is 9.59 Å². The van der Waals surface area contributed by atoms with Crippen molar-refractivity contribution in [3.63, 3.8) is 0 Å². The average molecular weight is 395 g/mol. The van der Waals surface area contributed by atoms with E-state index in [0.29, 0.717) is 23.1 Å². The normalized spacial score (nSPS) is 10.2. The number of amides is 2. The van der Waals surface area contributed by atoms with Crippen LogP contribution in [-0.4, -0.2) is 11.8 Å². The summed E-state index contributed by atoms with van der Waals surface area (Å²) in [6, 6.07) is 23.8. The molecule has 3 aromatic carbocycles. The molecule has 0 radical (unpaired) electrons. The van der Waals surface area contributed by atoms with Crippen molar-refractivity contribution in [1.29, 1.82) is 0 Å². The second-order valence-electron chi connectivity index (χ2n) is 6.03. The molecule has 0 heterocycles. The number of benzene rings is 3. The van der Waals surface area contributed by atoms with E-state index in [0.717, 1.165) is 11.1 Å². The number of anilines is 1. The second-order valence-corrected chi connectivity index (χ2v) is 6.43. The highest BCUT2D eigenvalue weighted by Crippen LogP contribution is 2.17. The highest BCUT2D eigenvalue weighted by Gasteiger charge is 2.14. The van der Waals surface area contributed by atoms with Crippen LogP contribution < -0.4 is 15.4 Å². The molecule has 0 saturated heterocycles. The van der Waals surface area contributed by atoms with Crippen molar-refractivity contribution >= 4 is 29.1 Å². The Balaban J connectivity index is 1.48. The van der Waals surface area contributed by atoms with Crippen LogP contribution in [0.5, 0.6) is 5.75 Å². The molecule has 0 atom stereocenters. The van der Waals surface area contributed by atoms with Gasteiger partial charge in [0.1, 0.15) is 12.4 Å². The third-order valence-electron chi connectivity index (χ3n) is 3.96. The molecule has 0 aromatic heterocycles. The summed E-state index contributed by atoms with van der Waals surface area (Å²) in [7, 11) is 0. The Morgan fingerprint density at radius 3 is 2.21 bits per heavy atom. The first-order valence-electron chi connectivity index (χ1n) is 8.71. The number of nitrogens with one attached hydrogen (secondary N) is 2. The first-order valence-corrected chi connectivity index (χ1v) is 9.09. The molecule has 0 unspecified atom stereocenters. The summed E-state index contributed by atoms with van der Waals surface area (Å²) in [5.74, 6) is -0.806. The van der Waals surface area contributed by atoms with Crippen molar-refractivity contribution in [1.82, 2.24) is 5.32 Å². The van der Waals surface area contributed by atoms with Gasteiger partial charge in [-0.05, 0) is 41.5 Å². The van der Waals surface area contributed by atoms with E-state index >= 15 is 0 Å². The summed E-state index contributed by atoms with van der Waals surface area (Å²) in [6.07, 6.45) is 0. The first kappa shape index (κ1) is 19.5. The van der Waals surface area contributed by atoms with Gasteiger partial charge in [-0.3, -0.25) is 9.59 Å². The quantitative estimate of drug-likeness (QED) is 0.616. The smallest absolute Gasteiger partial charge is 0.313 e. The Morgan fingerprint density at radius 2 is 1.50 bits per heavy atom. The van der Waals surface area contributed by atoms with Gasteiger partial charge in [-0.15, -0.1) is 0 Å². The van der Waals surface area contributed by atoms with Gasteiger partial charge in [0.15, 0.2) is 0 Å². The first-order chi connectivity index (χ1) is 13.6. The molecule has 2 N–H and O–H groups in total. The van der Waals surface area contributed by atoms with Gasteiger partial charge in [0.2, 0.25) is 0 Å². The third kappa shape index (κ3) is 5.59. The molecule has 0 fully saturated rings. The molecule has 3 rings (SSSR count). The predicted molar refractivity (Wildman–Crippen MR) is 109 cm³/mol. The Bertz CT molecular complexity index is 944. The molecule has 3 aromatic rings. The van der Waals surface area contributed by atoms with Gasteiger partial charge in [-0.25, -0.2) is 0 Å². The Labute approximate surface area is 168 Å². The lowest BCUT2D eigenvalue weighted by atomic mass is 10.2. The SMILES string of the molecule is O=C(NCc1ccccc1Cl)C(=O)Nc1ccc(OCc2ccccc2)cc1. The molecule has 5 nitrogen and oxygen atoms in total. The molecule has 0 saturated carbocycles. The van der Waals surface area contributed by atoms with Gasteiger partial charge in [0, 0.05) is 17.3 Å². The maximum Gasteiger partial charge on any atom is 0.313 e. The molecule has 142 valence electrons. The van der Waals surface area contributed by atoms with Crippen LogP contribution in [0.4, 0.5) is 5.69 Å². The maximum atomic E-state index is 12.0. The van der Waals surface area contributed by atoms with Gasteiger partial charge >= 0.3 is 11.8 Å². The molecule has 28 heavy (non-hydrogen) atoms. The number of rotatable bonds is 6. The largest absolute Gasteiger partial charge is 0.489 e. The van der Waals surface area contributed by atoms with Crippen molar-refractivity contribution in [2.45, 2.75) is 13.2 Å². The Morgan fingerprint density at radius 1 is 0.821 bits per heavy atom. The van der Waals surface area contributed by atoms with Crippen LogP contribution >= 0.6 is 11.6 Å². The number of carbonyl (C=O) groups excluding carboxylic acids is 2. The molecule has 0 spiro atoms. The van der Waals surface area contributed by atoms with Gasteiger partial charge in [0.25, 0.3) is 0 Å². The zero-order valence-electron chi connectivity index (χ0n) is 15.0. The van der Waals surface area contributed by atoms with Crippen LogP contribution in [0.1, 0.15) is 11.1 Å². The van der Waals surface area contributed by atoms with Crippen molar-refractivity contribution in [3.05, 3.63) is 95.0 Å². The van der Waals surface area contributed by atoms with Crippen LogP contribution in [0, 0.1) is 0 Å². The molecule has 0 aliphatic heterocycles. The number of halogens is 1. The fraction of sp³-hybridized carbons (Fsp3) is 0.0909. The maximum absolute atomic E-state index is 12.0. The summed E-state index contributed by atoms with van der Waals surface area (Å²) >= 11 is 6.03. The summed E-state index contributed by atoms with van der Waals surface area (Å²) in [5, 5.41) is 5.64. The van der Waals surface area contributed by atoms with E-state index < -0.39 is 11.8 Å². The van der Waals surface area contributed by atoms with Gasteiger partial charge in [-0.1, -0.05) is 60.1 Å². The monoisotopic (exact) mass is 394 g/mol. The number of ether oxygens (including phenoxy) is 1. The number of carbonyl (C=O) groups is 2. The van der Waals surface area contributed by atoms with Crippen molar-refractivity contribution in [2.24, 2.45) is 0 Å². The van der Waals surface area contributed by atoms with Crippen molar-refractivity contribution in [3.8, 4) is 5.75 Å². The molecule has 0 aliphatic rings. The molecule has 0 aliphatic carbocycles. The van der Waals surface area contributed by atoms with E-state index in [1.54, 1.807) is 42.5 Å². The standard InChI is InChI=1S/C22H19ClN2O3/c23-20-9-5-4-8-17(20)14-24-21(26)22(27)25-18-10-12-19(13-11-18)28-15-16-6-2-1-3-7-16/h1-13H,14-15H2,(H,24,26)(H,25,27). The minimum atomic E-state index is -0.745. The lowest BCUT2D eigenvalue weighted by molar-refractivity contribution is -0.136. The molecule has 6 heteroatoms. The van der Waals surface area contributed by atoms with Crippen molar-refractivity contribution in [2.75, 3.05) is 5.32 Å². The zero-order chi connectivity index (χ0) is 19.8. The lowest BCUT2D eigenvalue weighted by Crippen LogP contribution is -2.35. The molecular formula is C22H19ClN2O3. The molecular weight excluding hydrogens is 376 g/mol. The summed E-state index contributed by atoms with van der Waals surface area (Å²) in [5.41, 5.74) is 2.31. The van der Waals surface area contributed by atoms with E-state index in [1.807, 2.05) is 36.4 Å². The molecule has 2 amide bonds. The molecule has 0 bridgehead atoms. The zero-order valence-corrected chi connectivity index (χ0v) is 15.8. The number of hydrogen-bond donors (Lipinski definition) is 2. The predicted octanol–water partition coefficient (Wildman–Crippen LogP) is 4.17. The van der Waals surface area contributed by atoms with Crippen LogP contribution in [0.25, 0.3) is 0 Å². The van der Waals surface area contributed by atoms with Gasteiger partial charge in [-0.2, -0.15) is 0 Å². The van der Waals surface area contributed by atoms with Crippen LogP contribution in [0.2, 0.25) is 5.02 Å². The van der Waals surface area contributed by atoms with Crippen LogP contribution in [0.15, 0.2) is 78.9 Å². The highest BCUT2D eigenvalue weighted by molar-refractivity contribution is 6.39. The van der Waals surface area contributed by atoms with Crippen molar-refractivity contribution < 1.29 is 14.3 Å². The van der Waals surface area contributed by atoms with Gasteiger partial charge < -0.3 is 15.4 Å². The lowest BCUT2D eigenvalue weighted by Gasteiger charge is -2.09. The minimum absolute atomic E-state index is 0.179. The van der Waals surface area contributed by atoms with E-state index in [4.69, 9.17) is 16.3 Å². The van der Waals surface area contributed by atoms with Gasteiger partial charge in [0.05, 0.1) is 0 Å². The van der Waals surface area contributed by atoms with E-state index in [-0.39, 0.29) is 6.54 Å². The fourth-order valence-electron chi connectivity index (χ4n) is 2.46. The minimum Gasteiger partial charge on any atom is -0.489 e. The number of hydrogen-bond acceptors (Lipinski definition) is 3. The highest BCUT2D eigenvalue weighted by atomic mass is 35.5. The summed E-state index contributed by atoms with van der Waals surface area (Å²) in [6.45, 7) is 0.634. The van der Waals surface area contributed by atoms with Crippen LogP contribution in [-0.2, 0) is 22.7 Å². The summed E-state index contributed by atoms with van der Waals surface area (Å²) in [4.78, 5) is 24.0. The Hall–Kier alpha value is -3.31. The third-order valence-corrected chi connectivity index (χ3v) is 4.33. The van der Waals surface area contributed by atoms with Crippen LogP contribution in [0.3, 0.4) is 0 Å². The fourth-order valence-corrected chi connectivity index (χ4v) is 2.66. The van der Waals surface area contributed by atoms with E-state index in [2.05, 4.69) is 10.6 Å².